The summed E-state index contributed by atoms with van der Waals surface area (Å²) < 4.78 is 5.60. The van der Waals surface area contributed by atoms with E-state index >= 15 is 0 Å². The summed E-state index contributed by atoms with van der Waals surface area (Å²) in [7, 11) is 1.50. The number of ether oxygens (including phenoxy) is 1. The van der Waals surface area contributed by atoms with Gasteiger partial charge in [-0.3, -0.25) is 9.59 Å². The van der Waals surface area contributed by atoms with E-state index in [0.717, 1.165) is 0 Å². The summed E-state index contributed by atoms with van der Waals surface area (Å²) in [5, 5.41) is 0.514. The SMILES string of the molecule is COc1ccc(C(=O)ON2C(=O)CCC2=O)cc1Br. The average molecular weight is 328 g/mol. The van der Waals surface area contributed by atoms with Gasteiger partial charge in [0.15, 0.2) is 0 Å². The van der Waals surface area contributed by atoms with Crippen LogP contribution in [0.5, 0.6) is 5.75 Å². The smallest absolute Gasteiger partial charge is 0.363 e. The summed E-state index contributed by atoms with van der Waals surface area (Å²) in [4.78, 5) is 39.2. The fourth-order valence-corrected chi connectivity index (χ4v) is 2.13. The number of carbonyl (C=O) groups is 3. The van der Waals surface area contributed by atoms with Crippen molar-refractivity contribution in [3.8, 4) is 5.75 Å². The Hall–Kier alpha value is -1.89. The van der Waals surface area contributed by atoms with Gasteiger partial charge in [-0.05, 0) is 34.1 Å². The summed E-state index contributed by atoms with van der Waals surface area (Å²) in [6, 6.07) is 4.55. The molecule has 1 fully saturated rings. The van der Waals surface area contributed by atoms with Gasteiger partial charge < -0.3 is 9.57 Å². The highest BCUT2D eigenvalue weighted by atomic mass is 79.9. The largest absolute Gasteiger partial charge is 0.496 e. The highest BCUT2D eigenvalue weighted by molar-refractivity contribution is 9.10. The number of methoxy groups -OCH3 is 1. The molecule has 0 N–H and O–H groups in total. The number of halogens is 1. The first-order chi connectivity index (χ1) is 9.02. The van der Waals surface area contributed by atoms with E-state index in [1.54, 1.807) is 6.07 Å². The Morgan fingerprint density at radius 3 is 2.42 bits per heavy atom. The van der Waals surface area contributed by atoms with Gasteiger partial charge in [0.05, 0.1) is 17.1 Å². The molecule has 0 atom stereocenters. The van der Waals surface area contributed by atoms with E-state index in [1.807, 2.05) is 0 Å². The van der Waals surface area contributed by atoms with Crippen LogP contribution in [0.15, 0.2) is 22.7 Å². The second kappa shape index (κ2) is 5.40. The first-order valence-electron chi connectivity index (χ1n) is 5.44. The molecule has 0 radical (unpaired) electrons. The van der Waals surface area contributed by atoms with Gasteiger partial charge in [-0.2, -0.15) is 0 Å². The van der Waals surface area contributed by atoms with E-state index in [-0.39, 0.29) is 18.4 Å². The van der Waals surface area contributed by atoms with Gasteiger partial charge in [0.1, 0.15) is 5.75 Å². The predicted molar refractivity (Wildman–Crippen MR) is 67.2 cm³/mol. The lowest BCUT2D eigenvalue weighted by molar-refractivity contribution is -0.172. The third-order valence-electron chi connectivity index (χ3n) is 2.57. The van der Waals surface area contributed by atoms with Crippen molar-refractivity contribution in [3.63, 3.8) is 0 Å². The molecular weight excluding hydrogens is 318 g/mol. The predicted octanol–water partition coefficient (Wildman–Crippen LogP) is 1.68. The molecular formula is C12H10BrNO5. The molecule has 100 valence electrons. The van der Waals surface area contributed by atoms with Crippen molar-refractivity contribution < 1.29 is 24.0 Å². The highest BCUT2D eigenvalue weighted by Crippen LogP contribution is 2.26. The Bertz CT molecular complexity index is 541. The van der Waals surface area contributed by atoms with Gasteiger partial charge in [0, 0.05) is 12.8 Å². The van der Waals surface area contributed by atoms with Crippen LogP contribution in [0.2, 0.25) is 0 Å². The zero-order chi connectivity index (χ0) is 14.0. The van der Waals surface area contributed by atoms with Crippen molar-refractivity contribution in [1.82, 2.24) is 5.06 Å². The molecule has 1 aromatic rings. The Balaban J connectivity index is 2.14. The van der Waals surface area contributed by atoms with E-state index in [9.17, 15) is 14.4 Å². The molecule has 7 heteroatoms. The molecule has 0 aromatic heterocycles. The van der Waals surface area contributed by atoms with Crippen LogP contribution in [0.4, 0.5) is 0 Å². The molecule has 0 aliphatic carbocycles. The van der Waals surface area contributed by atoms with Gasteiger partial charge in [-0.1, -0.05) is 0 Å². The van der Waals surface area contributed by atoms with Crippen molar-refractivity contribution in [1.29, 1.82) is 0 Å². The van der Waals surface area contributed by atoms with Crippen molar-refractivity contribution in [2.45, 2.75) is 12.8 Å². The fourth-order valence-electron chi connectivity index (χ4n) is 1.59. The molecule has 0 saturated carbocycles. The lowest BCUT2D eigenvalue weighted by atomic mass is 10.2. The molecule has 0 unspecified atom stereocenters. The minimum absolute atomic E-state index is 0.0679. The van der Waals surface area contributed by atoms with Crippen LogP contribution >= 0.6 is 15.9 Å². The number of benzene rings is 1. The third-order valence-corrected chi connectivity index (χ3v) is 3.19. The maximum atomic E-state index is 11.8. The lowest BCUT2D eigenvalue weighted by Gasteiger charge is -2.13. The van der Waals surface area contributed by atoms with E-state index < -0.39 is 17.8 Å². The second-order valence-corrected chi connectivity index (χ2v) is 4.66. The number of hydroxylamine groups is 2. The van der Waals surface area contributed by atoms with Gasteiger partial charge >= 0.3 is 5.97 Å². The molecule has 1 aliphatic heterocycles. The van der Waals surface area contributed by atoms with Crippen molar-refractivity contribution >= 4 is 33.7 Å². The molecule has 0 bridgehead atoms. The van der Waals surface area contributed by atoms with Gasteiger partial charge in [-0.15, -0.1) is 5.06 Å². The zero-order valence-corrected chi connectivity index (χ0v) is 11.6. The van der Waals surface area contributed by atoms with Crippen LogP contribution in [0.25, 0.3) is 0 Å². The maximum absolute atomic E-state index is 11.8. The Morgan fingerprint density at radius 1 is 1.26 bits per heavy atom. The van der Waals surface area contributed by atoms with Crippen molar-refractivity contribution in [3.05, 3.63) is 28.2 Å². The number of rotatable bonds is 3. The average Bonchev–Trinajstić information content (AvgIpc) is 2.70. The van der Waals surface area contributed by atoms with Crippen molar-refractivity contribution in [2.24, 2.45) is 0 Å². The first-order valence-corrected chi connectivity index (χ1v) is 6.24. The molecule has 0 spiro atoms. The van der Waals surface area contributed by atoms with Gasteiger partial charge in [0.2, 0.25) is 0 Å². The second-order valence-electron chi connectivity index (χ2n) is 3.81. The number of imide groups is 1. The normalized spacial score (nSPS) is 14.7. The monoisotopic (exact) mass is 327 g/mol. The summed E-state index contributed by atoms with van der Waals surface area (Å²) in [6.45, 7) is 0. The number of hydrogen-bond acceptors (Lipinski definition) is 5. The zero-order valence-electron chi connectivity index (χ0n) is 10.0. The van der Waals surface area contributed by atoms with Crippen LogP contribution in [-0.4, -0.2) is 30.0 Å². The van der Waals surface area contributed by atoms with E-state index in [0.29, 0.717) is 15.3 Å². The van der Waals surface area contributed by atoms with E-state index in [1.165, 1.54) is 19.2 Å². The van der Waals surface area contributed by atoms with Gasteiger partial charge in [-0.25, -0.2) is 4.79 Å². The minimum atomic E-state index is -0.771. The third kappa shape index (κ3) is 2.76. The summed E-state index contributed by atoms with van der Waals surface area (Å²) in [5.41, 5.74) is 0.208. The van der Waals surface area contributed by atoms with E-state index in [4.69, 9.17) is 9.57 Å². The summed E-state index contributed by atoms with van der Waals surface area (Å²) >= 11 is 3.23. The van der Waals surface area contributed by atoms with Crippen molar-refractivity contribution in [2.75, 3.05) is 7.11 Å². The molecule has 6 nitrogen and oxygen atoms in total. The molecule has 1 aliphatic rings. The van der Waals surface area contributed by atoms with Crippen LogP contribution in [0.3, 0.4) is 0 Å². The van der Waals surface area contributed by atoms with E-state index in [2.05, 4.69) is 15.9 Å². The fraction of sp³-hybridized carbons (Fsp3) is 0.250. The van der Waals surface area contributed by atoms with Crippen LogP contribution in [0.1, 0.15) is 23.2 Å². The summed E-state index contributed by atoms with van der Waals surface area (Å²) in [6.07, 6.45) is 0.136. The van der Waals surface area contributed by atoms with Gasteiger partial charge in [0.25, 0.3) is 11.8 Å². The molecule has 2 rings (SSSR count). The van der Waals surface area contributed by atoms with Crippen LogP contribution in [-0.2, 0) is 14.4 Å². The molecule has 1 aromatic carbocycles. The standard InChI is InChI=1S/C12H10BrNO5/c1-18-9-3-2-7(6-8(9)13)12(17)19-14-10(15)4-5-11(14)16/h2-3,6H,4-5H2,1H3. The number of nitrogens with zero attached hydrogens (tertiary/aromatic N) is 1. The maximum Gasteiger partial charge on any atom is 0.363 e. The minimum Gasteiger partial charge on any atom is -0.496 e. The first kappa shape index (κ1) is 13.5. The quantitative estimate of drug-likeness (QED) is 0.790. The molecule has 19 heavy (non-hydrogen) atoms. The number of amides is 2. The highest BCUT2D eigenvalue weighted by Gasteiger charge is 2.33. The number of hydrogen-bond donors (Lipinski definition) is 0. The number of carbonyl (C=O) groups excluding carboxylic acids is 3. The van der Waals surface area contributed by atoms with Crippen LogP contribution < -0.4 is 4.74 Å². The van der Waals surface area contributed by atoms with Crippen LogP contribution in [0, 0.1) is 0 Å². The summed E-state index contributed by atoms with van der Waals surface area (Å²) in [5.74, 6) is -1.23. The Kier molecular flexibility index (Phi) is 3.84. The Morgan fingerprint density at radius 2 is 1.89 bits per heavy atom. The molecule has 1 heterocycles. The molecule has 1 saturated heterocycles. The molecule has 2 amide bonds. The Labute approximate surface area is 117 Å². The lowest BCUT2D eigenvalue weighted by Crippen LogP contribution is -2.32. The topological polar surface area (TPSA) is 72.9 Å².